The van der Waals surface area contributed by atoms with Crippen LogP contribution in [0.4, 0.5) is 0 Å². The zero-order valence-corrected chi connectivity index (χ0v) is 13.3. The summed E-state index contributed by atoms with van der Waals surface area (Å²) < 4.78 is 5.24. The first-order valence-electron chi connectivity index (χ1n) is 7.58. The lowest BCUT2D eigenvalue weighted by molar-refractivity contribution is -0.150. The third-order valence-corrected chi connectivity index (χ3v) is 4.68. The number of halogens is 1. The number of hydrogen-bond donors (Lipinski definition) is 1. The summed E-state index contributed by atoms with van der Waals surface area (Å²) in [5.74, 6) is 0.0333. The van der Waals surface area contributed by atoms with Crippen molar-refractivity contribution in [2.24, 2.45) is 5.41 Å². The van der Waals surface area contributed by atoms with Crippen molar-refractivity contribution in [2.45, 2.75) is 0 Å². The summed E-state index contributed by atoms with van der Waals surface area (Å²) in [7, 11) is 0. The summed E-state index contributed by atoms with van der Waals surface area (Å²) >= 11 is 5.95. The Bertz CT molecular complexity index is 534. The molecule has 1 aromatic rings. The van der Waals surface area contributed by atoms with Crippen molar-refractivity contribution in [3.8, 4) is 0 Å². The minimum atomic E-state index is -0.0981. The zero-order chi connectivity index (χ0) is 15.6. The molecule has 1 aromatic carbocycles. The predicted molar refractivity (Wildman–Crippen MR) is 84.1 cm³/mol. The van der Waals surface area contributed by atoms with Crippen molar-refractivity contribution in [1.29, 1.82) is 0 Å². The highest BCUT2D eigenvalue weighted by Gasteiger charge is 2.40. The number of amides is 1. The van der Waals surface area contributed by atoms with Crippen LogP contribution in [0.25, 0.3) is 0 Å². The third-order valence-electron chi connectivity index (χ3n) is 4.44. The standard InChI is InChI=1S/C16H21ClN2O3/c17-14-3-1-2-13(8-14)15(21)19-6-4-18(5-7-19)9-16(10-20)11-22-12-16/h1-3,8,20H,4-7,9-12H2. The van der Waals surface area contributed by atoms with Crippen LogP contribution in [0.3, 0.4) is 0 Å². The molecule has 5 nitrogen and oxygen atoms in total. The molecule has 0 spiro atoms. The van der Waals surface area contributed by atoms with Crippen molar-refractivity contribution in [1.82, 2.24) is 9.80 Å². The number of nitrogens with zero attached hydrogens (tertiary/aromatic N) is 2. The topological polar surface area (TPSA) is 53.0 Å². The molecule has 1 amide bonds. The number of hydrogen-bond acceptors (Lipinski definition) is 4. The van der Waals surface area contributed by atoms with E-state index in [4.69, 9.17) is 16.3 Å². The molecule has 120 valence electrons. The van der Waals surface area contributed by atoms with Gasteiger partial charge in [0.1, 0.15) is 0 Å². The van der Waals surface area contributed by atoms with Crippen LogP contribution in [0.2, 0.25) is 5.02 Å². The number of piperazine rings is 1. The fraction of sp³-hybridized carbons (Fsp3) is 0.562. The first-order chi connectivity index (χ1) is 10.6. The van der Waals surface area contributed by atoms with Gasteiger partial charge in [-0.25, -0.2) is 0 Å². The summed E-state index contributed by atoms with van der Waals surface area (Å²) in [4.78, 5) is 16.6. The maximum absolute atomic E-state index is 12.5. The Morgan fingerprint density at radius 2 is 2.00 bits per heavy atom. The van der Waals surface area contributed by atoms with Crippen LogP contribution < -0.4 is 0 Å². The molecule has 0 bridgehead atoms. The van der Waals surface area contributed by atoms with E-state index < -0.39 is 0 Å². The summed E-state index contributed by atoms with van der Waals surface area (Å²) in [5, 5.41) is 10.1. The molecule has 0 unspecified atom stereocenters. The molecule has 22 heavy (non-hydrogen) atoms. The van der Waals surface area contributed by atoms with Gasteiger partial charge in [-0.2, -0.15) is 0 Å². The molecule has 0 radical (unpaired) electrons. The van der Waals surface area contributed by atoms with E-state index >= 15 is 0 Å². The van der Waals surface area contributed by atoms with Crippen molar-refractivity contribution in [3.63, 3.8) is 0 Å². The average Bonchev–Trinajstić information content (AvgIpc) is 2.51. The number of rotatable bonds is 4. The van der Waals surface area contributed by atoms with E-state index in [-0.39, 0.29) is 17.9 Å². The number of ether oxygens (including phenoxy) is 1. The van der Waals surface area contributed by atoms with Gasteiger partial charge in [-0.1, -0.05) is 17.7 Å². The molecule has 2 aliphatic heterocycles. The van der Waals surface area contributed by atoms with Gasteiger partial charge in [0, 0.05) is 43.3 Å². The quantitative estimate of drug-likeness (QED) is 0.901. The fourth-order valence-electron chi connectivity index (χ4n) is 3.01. The molecule has 2 saturated heterocycles. The first kappa shape index (κ1) is 15.7. The summed E-state index contributed by atoms with van der Waals surface area (Å²) in [5.41, 5.74) is 0.541. The zero-order valence-electron chi connectivity index (χ0n) is 12.5. The SMILES string of the molecule is O=C(c1cccc(Cl)c1)N1CCN(CC2(CO)COC2)CC1. The second-order valence-corrected chi connectivity index (χ2v) is 6.67. The van der Waals surface area contributed by atoms with E-state index in [1.165, 1.54) is 0 Å². The molecular weight excluding hydrogens is 304 g/mol. The molecule has 1 N–H and O–H groups in total. The average molecular weight is 325 g/mol. The summed E-state index contributed by atoms with van der Waals surface area (Å²) in [6, 6.07) is 7.08. The normalized spacial score (nSPS) is 21.5. The van der Waals surface area contributed by atoms with Crippen LogP contribution >= 0.6 is 11.6 Å². The van der Waals surface area contributed by atoms with Crippen molar-refractivity contribution in [3.05, 3.63) is 34.9 Å². The van der Waals surface area contributed by atoms with Gasteiger partial charge in [0.15, 0.2) is 0 Å². The van der Waals surface area contributed by atoms with Gasteiger partial charge >= 0.3 is 0 Å². The lowest BCUT2D eigenvalue weighted by atomic mass is 9.86. The second-order valence-electron chi connectivity index (χ2n) is 6.23. The van der Waals surface area contributed by atoms with Crippen molar-refractivity contribution >= 4 is 17.5 Å². The van der Waals surface area contributed by atoms with Gasteiger partial charge in [-0.3, -0.25) is 9.69 Å². The molecular formula is C16H21ClN2O3. The Kier molecular flexibility index (Phi) is 4.68. The van der Waals surface area contributed by atoms with Crippen LogP contribution in [-0.2, 0) is 4.74 Å². The van der Waals surface area contributed by atoms with E-state index in [0.717, 1.165) is 19.6 Å². The lowest BCUT2D eigenvalue weighted by Gasteiger charge is -2.45. The van der Waals surface area contributed by atoms with Crippen LogP contribution in [0.15, 0.2) is 24.3 Å². The third kappa shape index (κ3) is 3.27. The molecule has 0 aliphatic carbocycles. The maximum Gasteiger partial charge on any atom is 0.253 e. The number of aliphatic hydroxyl groups excluding tert-OH is 1. The Labute approximate surface area is 135 Å². The summed E-state index contributed by atoms with van der Waals surface area (Å²) in [6.45, 7) is 5.32. The number of carbonyl (C=O) groups excluding carboxylic acids is 1. The predicted octanol–water partition coefficient (Wildman–Crippen LogP) is 1.11. The van der Waals surface area contributed by atoms with Crippen LogP contribution in [-0.4, -0.2) is 73.4 Å². The minimum absolute atomic E-state index is 0.0333. The van der Waals surface area contributed by atoms with Crippen LogP contribution in [0.1, 0.15) is 10.4 Å². The highest BCUT2D eigenvalue weighted by atomic mass is 35.5. The van der Waals surface area contributed by atoms with Gasteiger partial charge in [0.05, 0.1) is 25.2 Å². The minimum Gasteiger partial charge on any atom is -0.396 e. The number of benzene rings is 1. The van der Waals surface area contributed by atoms with Gasteiger partial charge in [-0.05, 0) is 18.2 Å². The van der Waals surface area contributed by atoms with Crippen molar-refractivity contribution < 1.29 is 14.6 Å². The molecule has 2 heterocycles. The first-order valence-corrected chi connectivity index (χ1v) is 7.95. The fourth-order valence-corrected chi connectivity index (χ4v) is 3.20. The Morgan fingerprint density at radius 1 is 1.27 bits per heavy atom. The molecule has 6 heteroatoms. The number of carbonyl (C=O) groups is 1. The molecule has 2 fully saturated rings. The van der Waals surface area contributed by atoms with Crippen molar-refractivity contribution in [2.75, 3.05) is 52.5 Å². The molecule has 0 aromatic heterocycles. The molecule has 0 saturated carbocycles. The largest absolute Gasteiger partial charge is 0.396 e. The Morgan fingerprint density at radius 3 is 2.55 bits per heavy atom. The van der Waals surface area contributed by atoms with Gasteiger partial charge in [-0.15, -0.1) is 0 Å². The van der Waals surface area contributed by atoms with Gasteiger partial charge in [0.2, 0.25) is 0 Å². The smallest absolute Gasteiger partial charge is 0.253 e. The van der Waals surface area contributed by atoms with Crippen LogP contribution in [0.5, 0.6) is 0 Å². The van der Waals surface area contributed by atoms with E-state index in [9.17, 15) is 9.90 Å². The van der Waals surface area contributed by atoms with E-state index in [2.05, 4.69) is 4.90 Å². The highest BCUT2D eigenvalue weighted by molar-refractivity contribution is 6.30. The van der Waals surface area contributed by atoms with Crippen LogP contribution in [0, 0.1) is 5.41 Å². The molecule has 0 atom stereocenters. The summed E-state index contributed by atoms with van der Waals surface area (Å²) in [6.07, 6.45) is 0. The highest BCUT2D eigenvalue weighted by Crippen LogP contribution is 2.28. The Balaban J connectivity index is 1.54. The van der Waals surface area contributed by atoms with E-state index in [1.807, 2.05) is 4.90 Å². The van der Waals surface area contributed by atoms with Gasteiger partial charge in [0.25, 0.3) is 5.91 Å². The second kappa shape index (κ2) is 6.54. The maximum atomic E-state index is 12.5. The molecule has 2 aliphatic rings. The monoisotopic (exact) mass is 324 g/mol. The van der Waals surface area contributed by atoms with E-state index in [1.54, 1.807) is 24.3 Å². The Hall–Kier alpha value is -1.14. The van der Waals surface area contributed by atoms with E-state index in [0.29, 0.717) is 36.9 Å². The lowest BCUT2D eigenvalue weighted by Crippen LogP contribution is -2.57. The van der Waals surface area contributed by atoms with Gasteiger partial charge < -0.3 is 14.7 Å². The number of aliphatic hydroxyl groups is 1. The molecule has 3 rings (SSSR count).